The Bertz CT molecular complexity index is 203. The SMILES string of the molecule is CC1CC(C(C)(C)C)CC/C1=N\O. The molecule has 76 valence electrons. The minimum atomic E-state index is 0.398. The van der Waals surface area contributed by atoms with Crippen LogP contribution in [0.25, 0.3) is 0 Å². The lowest BCUT2D eigenvalue weighted by Gasteiger charge is -2.36. The van der Waals surface area contributed by atoms with Crippen molar-refractivity contribution in [2.24, 2.45) is 22.4 Å². The number of nitrogens with zero attached hydrogens (tertiary/aromatic N) is 1. The smallest absolute Gasteiger partial charge is 0.0599 e. The second-order valence-corrected chi connectivity index (χ2v) is 5.33. The predicted molar refractivity (Wildman–Crippen MR) is 55.2 cm³/mol. The molecule has 1 aliphatic carbocycles. The van der Waals surface area contributed by atoms with Gasteiger partial charge < -0.3 is 5.21 Å². The Labute approximate surface area is 81.0 Å². The average molecular weight is 183 g/mol. The van der Waals surface area contributed by atoms with Crippen molar-refractivity contribution in [3.63, 3.8) is 0 Å². The molecule has 13 heavy (non-hydrogen) atoms. The predicted octanol–water partition coefficient (Wildman–Crippen LogP) is 3.30. The van der Waals surface area contributed by atoms with Crippen LogP contribution in [0.2, 0.25) is 0 Å². The largest absolute Gasteiger partial charge is 0.411 e. The molecule has 2 unspecified atom stereocenters. The first kappa shape index (κ1) is 10.6. The van der Waals surface area contributed by atoms with Gasteiger partial charge in [-0.3, -0.25) is 0 Å². The summed E-state index contributed by atoms with van der Waals surface area (Å²) in [7, 11) is 0. The number of rotatable bonds is 0. The minimum absolute atomic E-state index is 0.398. The van der Waals surface area contributed by atoms with Gasteiger partial charge in [0.15, 0.2) is 0 Å². The van der Waals surface area contributed by atoms with Gasteiger partial charge in [0, 0.05) is 0 Å². The summed E-state index contributed by atoms with van der Waals surface area (Å²) in [5.41, 5.74) is 1.38. The van der Waals surface area contributed by atoms with E-state index < -0.39 is 0 Å². The molecule has 0 radical (unpaired) electrons. The first-order valence-corrected chi connectivity index (χ1v) is 5.16. The fraction of sp³-hybridized carbons (Fsp3) is 0.909. The van der Waals surface area contributed by atoms with Gasteiger partial charge in [0.05, 0.1) is 5.71 Å². The van der Waals surface area contributed by atoms with E-state index in [0.29, 0.717) is 11.3 Å². The van der Waals surface area contributed by atoms with Crippen LogP contribution in [0.4, 0.5) is 0 Å². The third kappa shape index (κ3) is 2.45. The molecule has 0 aliphatic heterocycles. The Balaban J connectivity index is 2.61. The van der Waals surface area contributed by atoms with Crippen LogP contribution in [0.5, 0.6) is 0 Å². The molecule has 1 saturated carbocycles. The van der Waals surface area contributed by atoms with Gasteiger partial charge in [0.25, 0.3) is 0 Å². The lowest BCUT2D eigenvalue weighted by Crippen LogP contribution is -2.30. The quantitative estimate of drug-likeness (QED) is 0.453. The fourth-order valence-electron chi connectivity index (χ4n) is 2.18. The van der Waals surface area contributed by atoms with Crippen molar-refractivity contribution in [1.29, 1.82) is 0 Å². The van der Waals surface area contributed by atoms with Crippen LogP contribution in [0.1, 0.15) is 47.0 Å². The number of hydrogen-bond acceptors (Lipinski definition) is 2. The maximum absolute atomic E-state index is 8.74. The van der Waals surface area contributed by atoms with Crippen molar-refractivity contribution in [2.45, 2.75) is 47.0 Å². The Kier molecular flexibility index (Phi) is 2.99. The summed E-state index contributed by atoms with van der Waals surface area (Å²) in [5.74, 6) is 1.23. The van der Waals surface area contributed by atoms with Gasteiger partial charge in [-0.15, -0.1) is 0 Å². The topological polar surface area (TPSA) is 32.6 Å². The Hall–Kier alpha value is -0.530. The summed E-state index contributed by atoms with van der Waals surface area (Å²) in [6, 6.07) is 0. The molecule has 0 bridgehead atoms. The molecule has 0 aromatic carbocycles. The summed E-state index contributed by atoms with van der Waals surface area (Å²) in [6.45, 7) is 9.05. The molecule has 0 saturated heterocycles. The van der Waals surface area contributed by atoms with E-state index in [1.807, 2.05) is 0 Å². The molecule has 1 fully saturated rings. The van der Waals surface area contributed by atoms with Crippen molar-refractivity contribution in [3.8, 4) is 0 Å². The summed E-state index contributed by atoms with van der Waals surface area (Å²) >= 11 is 0. The van der Waals surface area contributed by atoms with E-state index >= 15 is 0 Å². The second kappa shape index (κ2) is 3.69. The minimum Gasteiger partial charge on any atom is -0.411 e. The van der Waals surface area contributed by atoms with Gasteiger partial charge >= 0.3 is 0 Å². The van der Waals surface area contributed by atoms with Crippen LogP contribution < -0.4 is 0 Å². The molecule has 0 aromatic rings. The molecule has 0 amide bonds. The van der Waals surface area contributed by atoms with Crippen LogP contribution >= 0.6 is 0 Å². The average Bonchev–Trinajstić information content (AvgIpc) is 2.02. The monoisotopic (exact) mass is 183 g/mol. The van der Waals surface area contributed by atoms with Crippen LogP contribution in [0.15, 0.2) is 5.16 Å². The molecule has 1 N–H and O–H groups in total. The second-order valence-electron chi connectivity index (χ2n) is 5.33. The van der Waals surface area contributed by atoms with Crippen LogP contribution in [-0.4, -0.2) is 10.9 Å². The van der Waals surface area contributed by atoms with Gasteiger partial charge in [-0.25, -0.2) is 0 Å². The van der Waals surface area contributed by atoms with E-state index in [1.165, 1.54) is 12.8 Å². The molecule has 0 heterocycles. The molecule has 1 aliphatic rings. The Morgan fingerprint density at radius 1 is 1.38 bits per heavy atom. The molecule has 2 nitrogen and oxygen atoms in total. The molecule has 0 aromatic heterocycles. The van der Waals surface area contributed by atoms with E-state index in [4.69, 9.17) is 5.21 Å². The van der Waals surface area contributed by atoms with Gasteiger partial charge in [0.1, 0.15) is 0 Å². The normalized spacial score (nSPS) is 33.7. The van der Waals surface area contributed by atoms with E-state index in [-0.39, 0.29) is 0 Å². The molecule has 1 rings (SSSR count). The summed E-state index contributed by atoms with van der Waals surface area (Å²) < 4.78 is 0. The highest BCUT2D eigenvalue weighted by Gasteiger charge is 2.31. The van der Waals surface area contributed by atoms with Crippen molar-refractivity contribution in [2.75, 3.05) is 0 Å². The zero-order chi connectivity index (χ0) is 10.1. The standard InChI is InChI=1S/C11H21NO/c1-8-7-9(11(2,3)4)5-6-10(8)12-13/h8-9,13H,5-7H2,1-4H3/b12-10+. The van der Waals surface area contributed by atoms with E-state index in [2.05, 4.69) is 32.9 Å². The van der Waals surface area contributed by atoms with Crippen LogP contribution in [0, 0.1) is 17.3 Å². The molecule has 2 heteroatoms. The third-order valence-corrected chi connectivity index (χ3v) is 3.31. The van der Waals surface area contributed by atoms with Crippen molar-refractivity contribution in [1.82, 2.24) is 0 Å². The highest BCUT2D eigenvalue weighted by molar-refractivity contribution is 5.86. The molecular weight excluding hydrogens is 162 g/mol. The summed E-state index contributed by atoms with van der Waals surface area (Å²) in [4.78, 5) is 0. The first-order valence-electron chi connectivity index (χ1n) is 5.16. The van der Waals surface area contributed by atoms with Gasteiger partial charge in [-0.1, -0.05) is 32.9 Å². The molecular formula is C11H21NO. The van der Waals surface area contributed by atoms with Crippen molar-refractivity contribution < 1.29 is 5.21 Å². The maximum atomic E-state index is 8.74. The van der Waals surface area contributed by atoms with Gasteiger partial charge in [0.2, 0.25) is 0 Å². The summed E-state index contributed by atoms with van der Waals surface area (Å²) in [5, 5.41) is 12.1. The first-order chi connectivity index (χ1) is 5.95. The van der Waals surface area contributed by atoms with Gasteiger partial charge in [-0.05, 0) is 36.5 Å². The van der Waals surface area contributed by atoms with E-state index in [1.54, 1.807) is 0 Å². The lowest BCUT2D eigenvalue weighted by molar-refractivity contribution is 0.186. The van der Waals surface area contributed by atoms with Crippen molar-refractivity contribution >= 4 is 5.71 Å². The Morgan fingerprint density at radius 3 is 2.38 bits per heavy atom. The number of hydrogen-bond donors (Lipinski definition) is 1. The zero-order valence-corrected chi connectivity index (χ0v) is 9.17. The van der Waals surface area contributed by atoms with Crippen LogP contribution in [-0.2, 0) is 0 Å². The van der Waals surface area contributed by atoms with Crippen LogP contribution in [0.3, 0.4) is 0 Å². The third-order valence-electron chi connectivity index (χ3n) is 3.31. The maximum Gasteiger partial charge on any atom is 0.0599 e. The van der Waals surface area contributed by atoms with Gasteiger partial charge in [-0.2, -0.15) is 0 Å². The lowest BCUT2D eigenvalue weighted by atomic mass is 9.69. The zero-order valence-electron chi connectivity index (χ0n) is 9.17. The molecule has 0 spiro atoms. The fourth-order valence-corrected chi connectivity index (χ4v) is 2.18. The Morgan fingerprint density at radius 2 is 2.00 bits per heavy atom. The molecule has 2 atom stereocenters. The highest BCUT2D eigenvalue weighted by atomic mass is 16.4. The highest BCUT2D eigenvalue weighted by Crippen LogP contribution is 2.38. The van der Waals surface area contributed by atoms with Crippen molar-refractivity contribution in [3.05, 3.63) is 0 Å². The summed E-state index contributed by atoms with van der Waals surface area (Å²) in [6.07, 6.45) is 3.32. The van der Waals surface area contributed by atoms with E-state index in [0.717, 1.165) is 18.1 Å². The van der Waals surface area contributed by atoms with E-state index in [9.17, 15) is 0 Å². The number of oxime groups is 1.